The van der Waals surface area contributed by atoms with Crippen molar-refractivity contribution in [1.82, 2.24) is 5.32 Å². The Hall–Kier alpha value is -3.82. The molecule has 0 radical (unpaired) electrons. The number of aliphatic hydroxyl groups excluding tert-OH is 1. The zero-order chi connectivity index (χ0) is 46.7. The first-order chi connectivity index (χ1) is 29.6. The smallest absolute Gasteiger partial charge is 0.407 e. The lowest BCUT2D eigenvalue weighted by Crippen LogP contribution is -2.70. The summed E-state index contributed by atoms with van der Waals surface area (Å²) in [5, 5.41) is 16.3. The Morgan fingerprint density at radius 3 is 1.75 bits per heavy atom. The van der Waals surface area contributed by atoms with Gasteiger partial charge >= 0.3 is 30.0 Å². The number of carbonyl (C=O) groups excluding carboxylic acids is 5. The number of ether oxygens (including phenoxy) is 9. The van der Waals surface area contributed by atoms with Gasteiger partial charge in [-0.2, -0.15) is 0 Å². The molecule has 2 aromatic rings. The highest BCUT2D eigenvalue weighted by atomic mass is 35.6. The molecule has 21 heteroatoms. The third kappa shape index (κ3) is 14.1. The first kappa shape index (κ1) is 51.8. The molecule has 63 heavy (non-hydrogen) atoms. The minimum absolute atomic E-state index is 0.143. The number of esters is 4. The van der Waals surface area contributed by atoms with Crippen LogP contribution in [0.3, 0.4) is 0 Å². The van der Waals surface area contributed by atoms with E-state index >= 15 is 0 Å². The molecule has 10 atom stereocenters. The number of hydrogen-bond acceptors (Lipinski definition) is 16. The van der Waals surface area contributed by atoms with Crippen LogP contribution in [0.2, 0.25) is 5.04 Å². The minimum atomic E-state index is -3.28. The van der Waals surface area contributed by atoms with E-state index < -0.39 is 122 Å². The Labute approximate surface area is 381 Å². The highest BCUT2D eigenvalue weighted by Crippen LogP contribution is 2.39. The Morgan fingerprint density at radius 2 is 1.25 bits per heavy atom. The lowest BCUT2D eigenvalue weighted by atomic mass is 9.95. The van der Waals surface area contributed by atoms with Crippen molar-refractivity contribution in [3.05, 3.63) is 73.3 Å². The molecule has 17 nitrogen and oxygen atoms in total. The molecule has 0 aliphatic carbocycles. The number of halogens is 3. The standard InChI is InChI=1S/C42H54Cl3NO16Si/c1-9-20-53-38-32(46-40(52)55-23-42(43,44)45)35(62-39-37(59-27(5)50)36(58-26(4)49)34(57-25(3)48)31(61-39)21-54-24(2)47)33(51)30(60-38)22-56-63(41(6,7)8,28-16-12-10-13-17-28)29-18-14-11-15-19-29/h9-19,30-39,51H,1,20-23H2,2-8H3,(H,46,52)/t30-,31-,32-,33-,34+,35-,36+,37-,38+,39+/m1/s1. The molecule has 0 aromatic heterocycles. The zero-order valence-electron chi connectivity index (χ0n) is 35.9. The van der Waals surface area contributed by atoms with Crippen molar-refractivity contribution < 1.29 is 76.1 Å². The summed E-state index contributed by atoms with van der Waals surface area (Å²) in [6.07, 6.45) is -14.0. The number of amides is 1. The van der Waals surface area contributed by atoms with E-state index in [0.29, 0.717) is 0 Å². The van der Waals surface area contributed by atoms with Gasteiger partial charge in [-0.15, -0.1) is 6.58 Å². The molecule has 2 fully saturated rings. The monoisotopic (exact) mass is 961 g/mol. The molecule has 2 aliphatic heterocycles. The van der Waals surface area contributed by atoms with Gasteiger partial charge in [0, 0.05) is 27.7 Å². The van der Waals surface area contributed by atoms with E-state index in [0.717, 1.165) is 38.1 Å². The van der Waals surface area contributed by atoms with Crippen molar-refractivity contribution >= 4 is 83.5 Å². The fourth-order valence-corrected chi connectivity index (χ4v) is 12.2. The van der Waals surface area contributed by atoms with Gasteiger partial charge in [-0.05, 0) is 15.4 Å². The number of hydrogen-bond donors (Lipinski definition) is 2. The van der Waals surface area contributed by atoms with Crippen LogP contribution in [0.15, 0.2) is 73.3 Å². The largest absolute Gasteiger partial charge is 0.463 e. The highest BCUT2D eigenvalue weighted by Gasteiger charge is 2.57. The van der Waals surface area contributed by atoms with Gasteiger partial charge in [0.2, 0.25) is 3.79 Å². The first-order valence-corrected chi connectivity index (χ1v) is 22.9. The van der Waals surface area contributed by atoms with E-state index in [4.69, 9.17) is 81.9 Å². The Kier molecular flexibility index (Phi) is 18.8. The SMILES string of the molecule is C=CCO[C@H]1O[C@H](CO[Si](c2ccccc2)(c2ccccc2)C(C)(C)C)[C@@H](O)[C@H](O[C@@H]2O[C@H](COC(C)=O)[C@H](OC(C)=O)[C@H](OC(C)=O)[C@H]2OC(C)=O)[C@H]1NC(=O)OCC(Cl)(Cl)Cl. The van der Waals surface area contributed by atoms with Gasteiger partial charge in [0.15, 0.2) is 30.9 Å². The number of alkyl carbamates (subject to hydrolysis) is 1. The molecule has 4 rings (SSSR count). The van der Waals surface area contributed by atoms with E-state index in [2.05, 4.69) is 32.7 Å². The van der Waals surface area contributed by atoms with E-state index in [1.165, 1.54) is 6.08 Å². The van der Waals surface area contributed by atoms with E-state index in [1.54, 1.807) is 0 Å². The molecule has 2 N–H and O–H groups in total. The van der Waals surface area contributed by atoms with Gasteiger partial charge in [-0.1, -0.05) is 122 Å². The van der Waals surface area contributed by atoms with Gasteiger partial charge in [0.25, 0.3) is 8.32 Å². The van der Waals surface area contributed by atoms with Crippen molar-refractivity contribution in [3.63, 3.8) is 0 Å². The number of alkyl halides is 3. The molecule has 0 saturated carbocycles. The maximum Gasteiger partial charge on any atom is 0.407 e. The molecule has 2 saturated heterocycles. The molecule has 1 amide bonds. The summed E-state index contributed by atoms with van der Waals surface area (Å²) >= 11 is 17.6. The van der Waals surface area contributed by atoms with Crippen LogP contribution in [-0.4, -0.2) is 135 Å². The molecular weight excluding hydrogens is 909 g/mol. The Morgan fingerprint density at radius 1 is 0.730 bits per heavy atom. The van der Waals surface area contributed by atoms with Gasteiger partial charge in [-0.3, -0.25) is 19.2 Å². The molecule has 0 bridgehead atoms. The lowest BCUT2D eigenvalue weighted by molar-refractivity contribution is -0.345. The summed E-state index contributed by atoms with van der Waals surface area (Å²) < 4.78 is 57.4. The van der Waals surface area contributed by atoms with Gasteiger partial charge in [0.05, 0.1) is 13.2 Å². The Balaban J connectivity index is 1.87. The highest BCUT2D eigenvalue weighted by molar-refractivity contribution is 6.99. The molecule has 2 heterocycles. The van der Waals surface area contributed by atoms with Crippen LogP contribution in [0, 0.1) is 0 Å². The zero-order valence-corrected chi connectivity index (χ0v) is 39.1. The quantitative estimate of drug-likeness (QED) is 0.0760. The lowest BCUT2D eigenvalue weighted by Gasteiger charge is -2.49. The van der Waals surface area contributed by atoms with Crippen molar-refractivity contribution in [2.45, 2.75) is 119 Å². The average molecular weight is 963 g/mol. The second-order valence-corrected chi connectivity index (χ2v) is 22.5. The predicted octanol–water partition coefficient (Wildman–Crippen LogP) is 3.78. The number of carbonyl (C=O) groups is 5. The van der Waals surface area contributed by atoms with Crippen LogP contribution < -0.4 is 15.7 Å². The number of benzene rings is 2. The molecule has 348 valence electrons. The molecular formula is C42H54Cl3NO16Si. The Bertz CT molecular complexity index is 1830. The fraction of sp³-hybridized carbons (Fsp3) is 0.548. The van der Waals surface area contributed by atoms with E-state index in [-0.39, 0.29) is 13.2 Å². The van der Waals surface area contributed by atoms with Gasteiger partial charge in [0.1, 0.15) is 43.7 Å². The third-order valence-electron chi connectivity index (χ3n) is 9.82. The fourth-order valence-electron chi connectivity index (χ4n) is 7.42. The first-order valence-electron chi connectivity index (χ1n) is 19.8. The van der Waals surface area contributed by atoms with Crippen molar-refractivity contribution in [3.8, 4) is 0 Å². The molecule has 0 unspecified atom stereocenters. The number of aliphatic hydroxyl groups is 1. The summed E-state index contributed by atoms with van der Waals surface area (Å²) in [7, 11) is -3.28. The second kappa shape index (κ2) is 22.9. The second-order valence-electron chi connectivity index (χ2n) is 15.7. The van der Waals surface area contributed by atoms with Gasteiger partial charge < -0.3 is 57.5 Å². The summed E-state index contributed by atoms with van der Waals surface area (Å²) in [5.74, 6) is -3.39. The molecule has 2 aromatic carbocycles. The summed E-state index contributed by atoms with van der Waals surface area (Å²) in [5.41, 5.74) is 0. The van der Waals surface area contributed by atoms with Crippen LogP contribution in [0.25, 0.3) is 0 Å². The summed E-state index contributed by atoms with van der Waals surface area (Å²) in [6.45, 7) is 12.5. The normalized spacial score (nSPS) is 26.4. The van der Waals surface area contributed by atoms with E-state index in [1.807, 2.05) is 60.7 Å². The van der Waals surface area contributed by atoms with Crippen molar-refractivity contribution in [2.75, 3.05) is 26.4 Å². The molecule has 2 aliphatic rings. The summed E-state index contributed by atoms with van der Waals surface area (Å²) in [6, 6.07) is 17.9. The predicted molar refractivity (Wildman–Crippen MR) is 230 cm³/mol. The maximum atomic E-state index is 13.4. The average Bonchev–Trinajstić information content (AvgIpc) is 3.19. The van der Waals surface area contributed by atoms with E-state index in [9.17, 15) is 29.1 Å². The van der Waals surface area contributed by atoms with Crippen molar-refractivity contribution in [2.24, 2.45) is 0 Å². The van der Waals surface area contributed by atoms with Crippen LogP contribution in [0.5, 0.6) is 0 Å². The van der Waals surface area contributed by atoms with Gasteiger partial charge in [-0.25, -0.2) is 4.79 Å². The van der Waals surface area contributed by atoms with Crippen LogP contribution in [-0.2, 0) is 66.2 Å². The third-order valence-corrected chi connectivity index (χ3v) is 15.2. The molecule has 0 spiro atoms. The van der Waals surface area contributed by atoms with Crippen LogP contribution in [0.4, 0.5) is 4.79 Å². The minimum Gasteiger partial charge on any atom is -0.463 e. The maximum absolute atomic E-state index is 13.4. The topological polar surface area (TPSA) is 210 Å². The van der Waals surface area contributed by atoms with Crippen LogP contribution in [0.1, 0.15) is 48.5 Å². The summed E-state index contributed by atoms with van der Waals surface area (Å²) in [4.78, 5) is 63.0. The van der Waals surface area contributed by atoms with Crippen LogP contribution >= 0.6 is 34.8 Å². The number of rotatable bonds is 17. The number of nitrogens with one attached hydrogen (secondary N) is 1. The van der Waals surface area contributed by atoms with Crippen molar-refractivity contribution in [1.29, 1.82) is 0 Å².